The van der Waals surface area contributed by atoms with Gasteiger partial charge in [-0.1, -0.05) is 19.9 Å². The standard InChI is InChI=1S/C14H18F4N2O.ClH/c1-8(2)5-12(19)13(21)20-7-9-3-4-10(15)6-11(9)14(16,17)18;/h3-4,6,8,12H,5,7,19H2,1-2H3,(H,20,21);1H/t12-;/m0./s1. The molecule has 1 rings (SSSR count). The van der Waals surface area contributed by atoms with Crippen molar-refractivity contribution in [2.45, 2.75) is 39.0 Å². The number of alkyl halides is 3. The lowest BCUT2D eigenvalue weighted by atomic mass is 10.0. The topological polar surface area (TPSA) is 55.1 Å². The van der Waals surface area contributed by atoms with Crippen LogP contribution >= 0.6 is 12.4 Å². The fourth-order valence-corrected chi connectivity index (χ4v) is 1.90. The van der Waals surface area contributed by atoms with Crippen LogP contribution in [0.2, 0.25) is 0 Å². The van der Waals surface area contributed by atoms with Crippen LogP contribution in [-0.4, -0.2) is 11.9 Å². The number of carbonyl (C=O) groups is 1. The van der Waals surface area contributed by atoms with Gasteiger partial charge in [0.25, 0.3) is 0 Å². The van der Waals surface area contributed by atoms with Crippen LogP contribution in [0.25, 0.3) is 0 Å². The zero-order chi connectivity index (χ0) is 16.2. The number of hydrogen-bond acceptors (Lipinski definition) is 2. The first-order valence-electron chi connectivity index (χ1n) is 6.50. The Balaban J connectivity index is 0.00000441. The first-order chi connectivity index (χ1) is 9.61. The number of nitrogens with two attached hydrogens (primary N) is 1. The third-order valence-electron chi connectivity index (χ3n) is 2.89. The number of halogens is 5. The molecule has 0 aliphatic rings. The Kier molecular flexibility index (Phi) is 7.83. The Labute approximate surface area is 132 Å². The lowest BCUT2D eigenvalue weighted by Gasteiger charge is -2.16. The Morgan fingerprint density at radius 2 is 1.91 bits per heavy atom. The van der Waals surface area contributed by atoms with Gasteiger partial charge in [0.2, 0.25) is 5.91 Å². The van der Waals surface area contributed by atoms with Gasteiger partial charge in [-0.3, -0.25) is 4.79 Å². The molecule has 0 radical (unpaired) electrons. The van der Waals surface area contributed by atoms with Crippen molar-refractivity contribution in [1.29, 1.82) is 0 Å². The summed E-state index contributed by atoms with van der Waals surface area (Å²) in [6, 6.07) is 1.56. The summed E-state index contributed by atoms with van der Waals surface area (Å²) in [5.41, 5.74) is 4.34. The number of hydrogen-bond donors (Lipinski definition) is 2. The summed E-state index contributed by atoms with van der Waals surface area (Å²) in [6.45, 7) is 3.42. The average molecular weight is 343 g/mol. The van der Waals surface area contributed by atoms with Crippen LogP contribution in [0, 0.1) is 11.7 Å². The maximum absolute atomic E-state index is 12.9. The van der Waals surface area contributed by atoms with E-state index in [1.165, 1.54) is 0 Å². The highest BCUT2D eigenvalue weighted by Gasteiger charge is 2.33. The van der Waals surface area contributed by atoms with Crippen molar-refractivity contribution in [2.75, 3.05) is 0 Å². The van der Waals surface area contributed by atoms with E-state index in [-0.39, 0.29) is 30.4 Å². The van der Waals surface area contributed by atoms with Crippen LogP contribution in [0.4, 0.5) is 17.6 Å². The molecule has 0 saturated carbocycles. The highest BCUT2D eigenvalue weighted by atomic mass is 35.5. The van der Waals surface area contributed by atoms with Gasteiger partial charge in [-0.25, -0.2) is 4.39 Å². The highest BCUT2D eigenvalue weighted by molar-refractivity contribution is 5.85. The highest BCUT2D eigenvalue weighted by Crippen LogP contribution is 2.32. The van der Waals surface area contributed by atoms with Gasteiger partial charge in [-0.2, -0.15) is 13.2 Å². The molecular weight excluding hydrogens is 324 g/mol. The van der Waals surface area contributed by atoms with E-state index < -0.39 is 29.5 Å². The van der Waals surface area contributed by atoms with Gasteiger partial charge >= 0.3 is 6.18 Å². The molecule has 0 saturated heterocycles. The molecule has 0 fully saturated rings. The van der Waals surface area contributed by atoms with E-state index in [4.69, 9.17) is 5.73 Å². The van der Waals surface area contributed by atoms with Crippen LogP contribution in [0.1, 0.15) is 31.4 Å². The monoisotopic (exact) mass is 342 g/mol. The Hall–Kier alpha value is -1.34. The van der Waals surface area contributed by atoms with Crippen molar-refractivity contribution in [3.05, 3.63) is 35.1 Å². The third kappa shape index (κ3) is 6.19. The van der Waals surface area contributed by atoms with E-state index in [2.05, 4.69) is 5.32 Å². The van der Waals surface area contributed by atoms with Crippen molar-refractivity contribution in [3.8, 4) is 0 Å². The summed E-state index contributed by atoms with van der Waals surface area (Å²) in [4.78, 5) is 11.7. The van der Waals surface area contributed by atoms with Crippen LogP contribution in [0.5, 0.6) is 0 Å². The van der Waals surface area contributed by atoms with Crippen molar-refractivity contribution >= 4 is 18.3 Å². The lowest BCUT2D eigenvalue weighted by Crippen LogP contribution is -2.41. The minimum atomic E-state index is -4.68. The fourth-order valence-electron chi connectivity index (χ4n) is 1.90. The van der Waals surface area contributed by atoms with Crippen molar-refractivity contribution < 1.29 is 22.4 Å². The fraction of sp³-hybridized carbons (Fsp3) is 0.500. The zero-order valence-electron chi connectivity index (χ0n) is 12.2. The molecule has 3 N–H and O–H groups in total. The van der Waals surface area contributed by atoms with E-state index in [1.54, 1.807) is 0 Å². The second kappa shape index (κ2) is 8.33. The molecule has 3 nitrogen and oxygen atoms in total. The molecule has 1 atom stereocenters. The summed E-state index contributed by atoms with van der Waals surface area (Å²) in [6.07, 6.45) is -4.25. The number of rotatable bonds is 5. The molecule has 1 aromatic carbocycles. The predicted octanol–water partition coefficient (Wildman–Crippen LogP) is 3.26. The van der Waals surface area contributed by atoms with Gasteiger partial charge in [0.1, 0.15) is 5.82 Å². The summed E-state index contributed by atoms with van der Waals surface area (Å²) in [7, 11) is 0. The molecule has 0 unspecified atom stereocenters. The van der Waals surface area contributed by atoms with Gasteiger partial charge in [0.05, 0.1) is 11.6 Å². The summed E-state index contributed by atoms with van der Waals surface area (Å²) in [5.74, 6) is -1.31. The Morgan fingerprint density at radius 1 is 1.32 bits per heavy atom. The van der Waals surface area contributed by atoms with Gasteiger partial charge in [0.15, 0.2) is 0 Å². The minimum absolute atomic E-state index is 0. The number of amides is 1. The second-order valence-corrected chi connectivity index (χ2v) is 5.25. The number of benzene rings is 1. The van der Waals surface area contributed by atoms with Gasteiger partial charge in [0, 0.05) is 6.54 Å². The maximum Gasteiger partial charge on any atom is 0.416 e. The third-order valence-corrected chi connectivity index (χ3v) is 2.89. The SMILES string of the molecule is CC(C)C[C@H](N)C(=O)NCc1ccc(F)cc1C(F)(F)F.Cl. The predicted molar refractivity (Wildman–Crippen MR) is 77.9 cm³/mol. The molecule has 1 aromatic rings. The molecule has 1 amide bonds. The van der Waals surface area contributed by atoms with E-state index in [9.17, 15) is 22.4 Å². The average Bonchev–Trinajstić information content (AvgIpc) is 2.34. The first kappa shape index (κ1) is 20.7. The van der Waals surface area contributed by atoms with Crippen molar-refractivity contribution in [1.82, 2.24) is 5.32 Å². The normalized spacial score (nSPS) is 12.7. The Bertz CT molecular complexity index is 506. The summed E-state index contributed by atoms with van der Waals surface area (Å²) in [5, 5.41) is 2.35. The number of carbonyl (C=O) groups excluding carboxylic acids is 1. The quantitative estimate of drug-likeness (QED) is 0.807. The van der Waals surface area contributed by atoms with Crippen molar-refractivity contribution in [3.63, 3.8) is 0 Å². The van der Waals surface area contributed by atoms with Crippen LogP contribution in [0.15, 0.2) is 18.2 Å². The summed E-state index contributed by atoms with van der Waals surface area (Å²) < 4.78 is 51.3. The van der Waals surface area contributed by atoms with E-state index in [1.807, 2.05) is 13.8 Å². The molecule has 0 aliphatic carbocycles. The molecule has 0 bridgehead atoms. The zero-order valence-corrected chi connectivity index (χ0v) is 13.0. The van der Waals surface area contributed by atoms with Crippen LogP contribution < -0.4 is 11.1 Å². The molecule has 0 spiro atoms. The lowest BCUT2D eigenvalue weighted by molar-refractivity contribution is -0.138. The van der Waals surface area contributed by atoms with E-state index in [0.29, 0.717) is 12.5 Å². The molecule has 8 heteroatoms. The Morgan fingerprint density at radius 3 is 2.41 bits per heavy atom. The summed E-state index contributed by atoms with van der Waals surface area (Å²) >= 11 is 0. The van der Waals surface area contributed by atoms with Crippen LogP contribution in [0.3, 0.4) is 0 Å². The van der Waals surface area contributed by atoms with Gasteiger partial charge < -0.3 is 11.1 Å². The van der Waals surface area contributed by atoms with Gasteiger partial charge in [-0.05, 0) is 30.0 Å². The first-order valence-corrected chi connectivity index (χ1v) is 6.50. The molecule has 0 heterocycles. The maximum atomic E-state index is 12.9. The van der Waals surface area contributed by atoms with E-state index in [0.717, 1.165) is 12.1 Å². The van der Waals surface area contributed by atoms with E-state index >= 15 is 0 Å². The largest absolute Gasteiger partial charge is 0.416 e. The molecule has 0 aliphatic heterocycles. The number of nitrogens with one attached hydrogen (secondary N) is 1. The van der Waals surface area contributed by atoms with Crippen molar-refractivity contribution in [2.24, 2.45) is 11.7 Å². The molecule has 0 aromatic heterocycles. The van der Waals surface area contributed by atoms with Gasteiger partial charge in [-0.15, -0.1) is 12.4 Å². The molecular formula is C14H19ClF4N2O. The smallest absolute Gasteiger partial charge is 0.351 e. The van der Waals surface area contributed by atoms with Crippen LogP contribution in [-0.2, 0) is 17.5 Å². The molecule has 22 heavy (non-hydrogen) atoms. The second-order valence-electron chi connectivity index (χ2n) is 5.25. The minimum Gasteiger partial charge on any atom is -0.351 e. The molecule has 126 valence electrons.